The maximum absolute atomic E-state index is 11.6. The maximum Gasteiger partial charge on any atom is 0.167 e. The summed E-state index contributed by atoms with van der Waals surface area (Å²) in [5.74, 6) is 0.302. The van der Waals surface area contributed by atoms with Crippen molar-refractivity contribution in [2.24, 2.45) is 5.92 Å². The van der Waals surface area contributed by atoms with Crippen LogP contribution < -0.4 is 0 Å². The Kier molecular flexibility index (Phi) is 2.36. The highest BCUT2D eigenvalue weighted by Gasteiger charge is 2.14. The van der Waals surface area contributed by atoms with Gasteiger partial charge in [0.1, 0.15) is 0 Å². The molecule has 66 valence electrons. The normalized spacial score (nSPS) is 10.8. The molecule has 0 radical (unpaired) electrons. The van der Waals surface area contributed by atoms with E-state index in [2.05, 4.69) is 4.98 Å². The van der Waals surface area contributed by atoms with E-state index in [-0.39, 0.29) is 11.7 Å². The highest BCUT2D eigenvalue weighted by Crippen LogP contribution is 2.14. The van der Waals surface area contributed by atoms with E-state index in [1.165, 1.54) is 0 Å². The Morgan fingerprint density at radius 2 is 2.00 bits per heavy atom. The van der Waals surface area contributed by atoms with Crippen LogP contribution in [-0.4, -0.2) is 10.8 Å². The number of carbonyl (C=O) groups is 1. The topological polar surface area (TPSA) is 32.9 Å². The number of rotatable bonds is 2. The summed E-state index contributed by atoms with van der Waals surface area (Å²) >= 11 is 0. The standard InChI is InChI=1S/C10H15NO/c1-6(2)10(12)9-5-7(3)11-8(9)4/h5-6,11H,1-4H3. The van der Waals surface area contributed by atoms with Crippen LogP contribution in [0, 0.1) is 19.8 Å². The van der Waals surface area contributed by atoms with E-state index < -0.39 is 0 Å². The number of H-pyrrole nitrogens is 1. The molecule has 2 heteroatoms. The highest BCUT2D eigenvalue weighted by molar-refractivity contribution is 5.98. The fraction of sp³-hybridized carbons (Fsp3) is 0.500. The van der Waals surface area contributed by atoms with Crippen LogP contribution in [0.3, 0.4) is 0 Å². The third-order valence-corrected chi connectivity index (χ3v) is 1.94. The molecule has 12 heavy (non-hydrogen) atoms. The molecule has 1 rings (SSSR count). The number of aromatic nitrogens is 1. The first kappa shape index (κ1) is 9.04. The number of aromatic amines is 1. The molecule has 1 N–H and O–H groups in total. The first-order chi connectivity index (χ1) is 5.52. The third kappa shape index (κ3) is 1.58. The Balaban J connectivity index is 3.02. The molecule has 0 saturated heterocycles. The number of ketones is 1. The molecule has 2 nitrogen and oxygen atoms in total. The lowest BCUT2D eigenvalue weighted by Crippen LogP contribution is -2.07. The zero-order valence-electron chi connectivity index (χ0n) is 8.06. The molecule has 1 heterocycles. The third-order valence-electron chi connectivity index (χ3n) is 1.94. The van der Waals surface area contributed by atoms with Crippen molar-refractivity contribution in [3.63, 3.8) is 0 Å². The molecule has 0 aliphatic carbocycles. The predicted molar refractivity (Wildman–Crippen MR) is 49.4 cm³/mol. The van der Waals surface area contributed by atoms with Gasteiger partial charge in [-0.05, 0) is 19.9 Å². The van der Waals surface area contributed by atoms with E-state index >= 15 is 0 Å². The molecule has 0 spiro atoms. The zero-order chi connectivity index (χ0) is 9.30. The number of nitrogens with one attached hydrogen (secondary N) is 1. The van der Waals surface area contributed by atoms with Gasteiger partial charge in [-0.3, -0.25) is 4.79 Å². The van der Waals surface area contributed by atoms with Gasteiger partial charge < -0.3 is 4.98 Å². The van der Waals surface area contributed by atoms with E-state index in [0.29, 0.717) is 0 Å². The van der Waals surface area contributed by atoms with Crippen molar-refractivity contribution < 1.29 is 4.79 Å². The van der Waals surface area contributed by atoms with Crippen LogP contribution in [0.5, 0.6) is 0 Å². The summed E-state index contributed by atoms with van der Waals surface area (Å²) in [5, 5.41) is 0. The van der Waals surface area contributed by atoms with Gasteiger partial charge in [-0.2, -0.15) is 0 Å². The van der Waals surface area contributed by atoms with Crippen LogP contribution in [0.4, 0.5) is 0 Å². The fourth-order valence-electron chi connectivity index (χ4n) is 1.29. The smallest absolute Gasteiger partial charge is 0.167 e. The van der Waals surface area contributed by atoms with Crippen LogP contribution in [-0.2, 0) is 0 Å². The monoisotopic (exact) mass is 165 g/mol. The van der Waals surface area contributed by atoms with Crippen LogP contribution in [0.2, 0.25) is 0 Å². The summed E-state index contributed by atoms with van der Waals surface area (Å²) in [5.41, 5.74) is 2.87. The number of carbonyl (C=O) groups excluding carboxylic acids is 1. The molecule has 0 aliphatic heterocycles. The van der Waals surface area contributed by atoms with Gasteiger partial charge in [-0.1, -0.05) is 13.8 Å². The Hall–Kier alpha value is -1.05. The lowest BCUT2D eigenvalue weighted by atomic mass is 10.0. The summed E-state index contributed by atoms with van der Waals surface area (Å²) in [6.45, 7) is 7.74. The summed E-state index contributed by atoms with van der Waals surface area (Å²) in [6.07, 6.45) is 0. The molecule has 0 fully saturated rings. The van der Waals surface area contributed by atoms with Crippen molar-refractivity contribution in [2.45, 2.75) is 27.7 Å². The summed E-state index contributed by atoms with van der Waals surface area (Å²) < 4.78 is 0. The van der Waals surface area contributed by atoms with E-state index in [1.54, 1.807) is 0 Å². The SMILES string of the molecule is Cc1cc(C(=O)C(C)C)c(C)[nH]1. The maximum atomic E-state index is 11.6. The van der Waals surface area contributed by atoms with Crippen molar-refractivity contribution in [1.82, 2.24) is 4.98 Å². The molecule has 1 aromatic rings. The molecule has 0 aliphatic rings. The number of Topliss-reactive ketones (excluding diaryl/α,β-unsaturated/α-hetero) is 1. The Morgan fingerprint density at radius 1 is 1.42 bits per heavy atom. The minimum Gasteiger partial charge on any atom is -0.362 e. The lowest BCUT2D eigenvalue weighted by molar-refractivity contribution is 0.0939. The van der Waals surface area contributed by atoms with Crippen LogP contribution in [0.25, 0.3) is 0 Å². The van der Waals surface area contributed by atoms with Gasteiger partial charge in [0.2, 0.25) is 0 Å². The van der Waals surface area contributed by atoms with E-state index in [1.807, 2.05) is 33.8 Å². The van der Waals surface area contributed by atoms with Crippen molar-refractivity contribution in [2.75, 3.05) is 0 Å². The van der Waals surface area contributed by atoms with Gasteiger partial charge >= 0.3 is 0 Å². The molecule has 0 aromatic carbocycles. The minimum atomic E-state index is 0.0823. The largest absolute Gasteiger partial charge is 0.362 e. The lowest BCUT2D eigenvalue weighted by Gasteiger charge is -2.01. The Morgan fingerprint density at radius 3 is 2.33 bits per heavy atom. The summed E-state index contributed by atoms with van der Waals surface area (Å²) in [7, 11) is 0. The van der Waals surface area contributed by atoms with E-state index in [0.717, 1.165) is 17.0 Å². The van der Waals surface area contributed by atoms with Gasteiger partial charge in [-0.25, -0.2) is 0 Å². The second-order valence-electron chi connectivity index (χ2n) is 3.51. The van der Waals surface area contributed by atoms with Gasteiger partial charge in [0.25, 0.3) is 0 Å². The van der Waals surface area contributed by atoms with Crippen LogP contribution in [0.15, 0.2) is 6.07 Å². The quantitative estimate of drug-likeness (QED) is 0.671. The first-order valence-corrected chi connectivity index (χ1v) is 4.22. The molecule has 1 aromatic heterocycles. The van der Waals surface area contributed by atoms with Crippen LogP contribution >= 0.6 is 0 Å². The summed E-state index contributed by atoms with van der Waals surface area (Å²) in [4.78, 5) is 14.7. The van der Waals surface area contributed by atoms with Crippen molar-refractivity contribution in [1.29, 1.82) is 0 Å². The average molecular weight is 165 g/mol. The zero-order valence-corrected chi connectivity index (χ0v) is 8.06. The van der Waals surface area contributed by atoms with Gasteiger partial charge in [0, 0.05) is 22.9 Å². The van der Waals surface area contributed by atoms with Crippen molar-refractivity contribution in [3.05, 3.63) is 23.0 Å². The van der Waals surface area contributed by atoms with E-state index in [4.69, 9.17) is 0 Å². The van der Waals surface area contributed by atoms with Crippen molar-refractivity contribution in [3.8, 4) is 0 Å². The Bertz CT molecular complexity index is 297. The van der Waals surface area contributed by atoms with Gasteiger partial charge in [0.15, 0.2) is 5.78 Å². The highest BCUT2D eigenvalue weighted by atomic mass is 16.1. The van der Waals surface area contributed by atoms with E-state index in [9.17, 15) is 4.79 Å². The fourth-order valence-corrected chi connectivity index (χ4v) is 1.29. The molecular formula is C10H15NO. The number of aryl methyl sites for hydroxylation is 2. The Labute approximate surface area is 73.0 Å². The van der Waals surface area contributed by atoms with Crippen LogP contribution in [0.1, 0.15) is 35.6 Å². The second kappa shape index (κ2) is 3.13. The number of hydrogen-bond acceptors (Lipinski definition) is 1. The molecule has 0 saturated carbocycles. The molecule has 0 bridgehead atoms. The van der Waals surface area contributed by atoms with Gasteiger partial charge in [-0.15, -0.1) is 0 Å². The average Bonchev–Trinajstić information content (AvgIpc) is 2.28. The molecule has 0 unspecified atom stereocenters. The first-order valence-electron chi connectivity index (χ1n) is 4.22. The summed E-state index contributed by atoms with van der Waals surface area (Å²) in [6, 6.07) is 1.91. The van der Waals surface area contributed by atoms with Gasteiger partial charge in [0.05, 0.1) is 0 Å². The molecule has 0 atom stereocenters. The predicted octanol–water partition coefficient (Wildman–Crippen LogP) is 2.47. The number of hydrogen-bond donors (Lipinski definition) is 1. The molecule has 0 amide bonds. The van der Waals surface area contributed by atoms with Crippen molar-refractivity contribution >= 4 is 5.78 Å². The molecular weight excluding hydrogens is 150 g/mol. The second-order valence-corrected chi connectivity index (χ2v) is 3.51. The minimum absolute atomic E-state index is 0.0823.